The summed E-state index contributed by atoms with van der Waals surface area (Å²) in [4.78, 5) is 26.9. The minimum absolute atomic E-state index is 0.189. The molecule has 0 aliphatic rings. The highest BCUT2D eigenvalue weighted by Crippen LogP contribution is 2.24. The molecule has 0 radical (unpaired) electrons. The van der Waals surface area contributed by atoms with E-state index >= 15 is 0 Å². The number of aldehydes is 1. The van der Waals surface area contributed by atoms with Crippen molar-refractivity contribution in [3.63, 3.8) is 0 Å². The van der Waals surface area contributed by atoms with E-state index in [4.69, 9.17) is 21.1 Å². The van der Waals surface area contributed by atoms with Crippen LogP contribution in [0.25, 0.3) is 0 Å². The number of anilines is 1. The van der Waals surface area contributed by atoms with Gasteiger partial charge in [-0.2, -0.15) is 0 Å². The van der Waals surface area contributed by atoms with Crippen LogP contribution in [0.4, 0.5) is 5.69 Å². The predicted octanol–water partition coefficient (Wildman–Crippen LogP) is 3.35. The molecular weight excluding hydrogens is 332 g/mol. The molecule has 0 spiro atoms. The van der Waals surface area contributed by atoms with E-state index in [1.807, 2.05) is 6.92 Å². The lowest BCUT2D eigenvalue weighted by molar-refractivity contribution is -0.118. The summed E-state index contributed by atoms with van der Waals surface area (Å²) in [5.41, 5.74) is 0.731. The van der Waals surface area contributed by atoms with Gasteiger partial charge in [0.1, 0.15) is 11.5 Å². The van der Waals surface area contributed by atoms with Gasteiger partial charge in [0.25, 0.3) is 5.91 Å². The van der Waals surface area contributed by atoms with Crippen LogP contribution < -0.4 is 14.8 Å². The minimum atomic E-state index is -0.415. The van der Waals surface area contributed by atoms with Crippen LogP contribution in [-0.4, -0.2) is 30.4 Å². The number of nitrogens with one attached hydrogen (secondary N) is 1. The Morgan fingerprint density at radius 1 is 1.33 bits per heavy atom. The quantitative estimate of drug-likeness (QED) is 0.584. The Hall–Kier alpha value is -2.60. The Morgan fingerprint density at radius 2 is 2.17 bits per heavy atom. The van der Waals surface area contributed by atoms with E-state index < -0.39 is 5.91 Å². The Balaban J connectivity index is 2.00. The highest BCUT2D eigenvalue weighted by molar-refractivity contribution is 6.32. The van der Waals surface area contributed by atoms with Crippen LogP contribution in [0.1, 0.15) is 23.7 Å². The maximum Gasteiger partial charge on any atom is 0.262 e. The van der Waals surface area contributed by atoms with Crippen LogP contribution >= 0.6 is 11.6 Å². The zero-order valence-electron chi connectivity index (χ0n) is 13.1. The van der Waals surface area contributed by atoms with Gasteiger partial charge in [0, 0.05) is 12.3 Å². The summed E-state index contributed by atoms with van der Waals surface area (Å²) in [6.45, 7) is 2.27. The number of ether oxygens (including phenoxy) is 2. The summed E-state index contributed by atoms with van der Waals surface area (Å²) in [5.74, 6) is 0.445. The average molecular weight is 349 g/mol. The van der Waals surface area contributed by atoms with Crippen molar-refractivity contribution in [2.45, 2.75) is 13.3 Å². The second-order valence-corrected chi connectivity index (χ2v) is 5.20. The number of hydrogen-bond acceptors (Lipinski definition) is 5. The number of aromatic nitrogens is 1. The summed E-state index contributed by atoms with van der Waals surface area (Å²) in [6, 6.07) is 8.14. The molecule has 2 rings (SSSR count). The summed E-state index contributed by atoms with van der Waals surface area (Å²) in [5, 5.41) is 2.78. The molecule has 0 saturated carbocycles. The van der Waals surface area contributed by atoms with E-state index in [-0.39, 0.29) is 17.5 Å². The van der Waals surface area contributed by atoms with Crippen molar-refractivity contribution in [3.8, 4) is 11.5 Å². The molecule has 0 unspecified atom stereocenters. The first-order valence-electron chi connectivity index (χ1n) is 7.39. The van der Waals surface area contributed by atoms with Crippen molar-refractivity contribution in [1.29, 1.82) is 0 Å². The lowest BCUT2D eigenvalue weighted by Crippen LogP contribution is -2.20. The molecule has 0 fully saturated rings. The van der Waals surface area contributed by atoms with Crippen molar-refractivity contribution in [1.82, 2.24) is 4.98 Å². The Labute approximate surface area is 144 Å². The summed E-state index contributed by atoms with van der Waals surface area (Å²) in [6.07, 6.45) is 3.04. The van der Waals surface area contributed by atoms with Gasteiger partial charge in [-0.25, -0.2) is 4.98 Å². The number of carbonyl (C=O) groups is 2. The fraction of sp³-hybridized carbons (Fsp3) is 0.235. The number of pyridine rings is 1. The third kappa shape index (κ3) is 4.96. The SMILES string of the molecule is CCCOc1ccc(C=O)c(OCC(=O)Nc2cccnc2Cl)c1. The Morgan fingerprint density at radius 3 is 2.88 bits per heavy atom. The molecule has 2 aromatic rings. The van der Waals surface area contributed by atoms with Crippen molar-refractivity contribution in [3.05, 3.63) is 47.2 Å². The molecule has 1 aromatic carbocycles. The van der Waals surface area contributed by atoms with Crippen molar-refractivity contribution in [2.24, 2.45) is 0 Å². The maximum absolute atomic E-state index is 12.0. The van der Waals surface area contributed by atoms with Gasteiger partial charge in [0.05, 0.1) is 17.9 Å². The second-order valence-electron chi connectivity index (χ2n) is 4.84. The zero-order chi connectivity index (χ0) is 17.4. The lowest BCUT2D eigenvalue weighted by Gasteiger charge is -2.11. The van der Waals surface area contributed by atoms with Crippen LogP contribution in [0.5, 0.6) is 11.5 Å². The third-order valence-corrected chi connectivity index (χ3v) is 3.28. The number of hydrogen-bond donors (Lipinski definition) is 1. The van der Waals surface area contributed by atoms with E-state index in [2.05, 4.69) is 10.3 Å². The van der Waals surface area contributed by atoms with E-state index in [1.165, 1.54) is 6.20 Å². The molecule has 1 N–H and O–H groups in total. The smallest absolute Gasteiger partial charge is 0.262 e. The van der Waals surface area contributed by atoms with Crippen molar-refractivity contribution in [2.75, 3.05) is 18.5 Å². The standard InChI is InChI=1S/C17H17ClN2O4/c1-2-8-23-13-6-5-12(10-21)15(9-13)24-11-16(22)20-14-4-3-7-19-17(14)18/h3-7,9-10H,2,8,11H2,1H3,(H,20,22). The molecular formula is C17H17ClN2O4. The molecule has 0 aliphatic heterocycles. The molecule has 1 heterocycles. The molecule has 24 heavy (non-hydrogen) atoms. The van der Waals surface area contributed by atoms with Gasteiger partial charge >= 0.3 is 0 Å². The number of halogens is 1. The molecule has 0 aliphatic carbocycles. The van der Waals surface area contributed by atoms with Crippen LogP contribution in [0, 0.1) is 0 Å². The first-order chi connectivity index (χ1) is 11.6. The van der Waals surface area contributed by atoms with Crippen LogP contribution in [0.3, 0.4) is 0 Å². The molecule has 1 amide bonds. The topological polar surface area (TPSA) is 77.5 Å². The minimum Gasteiger partial charge on any atom is -0.493 e. The maximum atomic E-state index is 12.0. The molecule has 0 bridgehead atoms. The first kappa shape index (κ1) is 17.7. The molecule has 0 saturated heterocycles. The molecule has 7 heteroatoms. The predicted molar refractivity (Wildman–Crippen MR) is 91.0 cm³/mol. The van der Waals surface area contributed by atoms with Gasteiger partial charge in [-0.15, -0.1) is 0 Å². The van der Waals surface area contributed by atoms with Crippen molar-refractivity contribution < 1.29 is 19.1 Å². The highest BCUT2D eigenvalue weighted by atomic mass is 35.5. The van der Waals surface area contributed by atoms with Gasteiger partial charge in [0.2, 0.25) is 0 Å². The fourth-order valence-electron chi connectivity index (χ4n) is 1.86. The van der Waals surface area contributed by atoms with Gasteiger partial charge in [-0.05, 0) is 30.7 Å². The Kier molecular flexibility index (Phi) is 6.57. The van der Waals surface area contributed by atoms with E-state index in [0.717, 1.165) is 6.42 Å². The zero-order valence-corrected chi connectivity index (χ0v) is 13.9. The second kappa shape index (κ2) is 8.88. The molecule has 1 aromatic heterocycles. The van der Waals surface area contributed by atoms with Gasteiger partial charge in [-0.3, -0.25) is 9.59 Å². The molecule has 6 nitrogen and oxygen atoms in total. The van der Waals surface area contributed by atoms with Gasteiger partial charge in [0.15, 0.2) is 18.0 Å². The number of benzene rings is 1. The lowest BCUT2D eigenvalue weighted by atomic mass is 10.2. The average Bonchev–Trinajstić information content (AvgIpc) is 2.60. The first-order valence-corrected chi connectivity index (χ1v) is 7.77. The van der Waals surface area contributed by atoms with Crippen molar-refractivity contribution >= 4 is 29.5 Å². The number of amides is 1. The van der Waals surface area contributed by atoms with E-state index in [9.17, 15) is 9.59 Å². The monoisotopic (exact) mass is 348 g/mol. The molecule has 126 valence electrons. The third-order valence-electron chi connectivity index (χ3n) is 2.98. The largest absolute Gasteiger partial charge is 0.493 e. The van der Waals surface area contributed by atoms with Crippen LogP contribution in [-0.2, 0) is 4.79 Å². The van der Waals surface area contributed by atoms with Gasteiger partial charge in [-0.1, -0.05) is 18.5 Å². The number of carbonyl (C=O) groups excluding carboxylic acids is 2. The number of nitrogens with zero attached hydrogens (tertiary/aromatic N) is 1. The summed E-state index contributed by atoms with van der Waals surface area (Å²) >= 11 is 5.87. The molecule has 0 atom stereocenters. The van der Waals surface area contributed by atoms with Gasteiger partial charge < -0.3 is 14.8 Å². The fourth-order valence-corrected chi connectivity index (χ4v) is 2.02. The van der Waals surface area contributed by atoms with Crippen LogP contribution in [0.2, 0.25) is 5.15 Å². The summed E-state index contributed by atoms with van der Waals surface area (Å²) < 4.78 is 10.9. The normalized spacial score (nSPS) is 10.1. The van der Waals surface area contributed by atoms with Crippen LogP contribution in [0.15, 0.2) is 36.5 Å². The Bertz CT molecular complexity index is 721. The number of rotatable bonds is 8. The highest BCUT2D eigenvalue weighted by Gasteiger charge is 2.10. The van der Waals surface area contributed by atoms with E-state index in [0.29, 0.717) is 29.9 Å². The summed E-state index contributed by atoms with van der Waals surface area (Å²) in [7, 11) is 0. The van der Waals surface area contributed by atoms with E-state index in [1.54, 1.807) is 30.3 Å².